The minimum absolute atomic E-state index is 0.190. The predicted molar refractivity (Wildman–Crippen MR) is 69.6 cm³/mol. The van der Waals surface area contributed by atoms with Crippen LogP contribution in [-0.2, 0) is 21.6 Å². The quantitative estimate of drug-likeness (QED) is 0.792. The lowest BCUT2D eigenvalue weighted by Crippen LogP contribution is -2.25. The Bertz CT molecular complexity index is 432. The first-order valence-corrected chi connectivity index (χ1v) is 7.00. The molecule has 1 aliphatic rings. The minimum atomic E-state index is -0.543. The van der Waals surface area contributed by atoms with Gasteiger partial charge >= 0.3 is 0 Å². The molecule has 0 aliphatic heterocycles. The van der Waals surface area contributed by atoms with Gasteiger partial charge < -0.3 is 9.26 Å². The van der Waals surface area contributed by atoms with Crippen molar-refractivity contribution in [2.75, 3.05) is 7.11 Å². The third-order valence-electron chi connectivity index (χ3n) is 4.20. The van der Waals surface area contributed by atoms with Crippen molar-refractivity contribution in [2.45, 2.75) is 58.0 Å². The molecule has 106 valence electrons. The van der Waals surface area contributed by atoms with Crippen molar-refractivity contribution < 1.29 is 14.1 Å². The molecular formula is C14H22N2O3. The summed E-state index contributed by atoms with van der Waals surface area (Å²) in [5, 5.41) is 3.95. The molecule has 1 fully saturated rings. The molecule has 0 radical (unpaired) electrons. The van der Waals surface area contributed by atoms with Gasteiger partial charge in [-0.05, 0) is 26.2 Å². The minimum Gasteiger partial charge on any atom is -0.370 e. The Balaban J connectivity index is 2.02. The fourth-order valence-corrected chi connectivity index (χ4v) is 2.48. The molecule has 1 atom stereocenters. The number of rotatable bonds is 6. The zero-order valence-corrected chi connectivity index (χ0v) is 11.9. The maximum absolute atomic E-state index is 12.1. The molecule has 0 amide bonds. The maximum Gasteiger partial charge on any atom is 0.234 e. The molecule has 0 aromatic carbocycles. The highest BCUT2D eigenvalue weighted by Gasteiger charge is 2.31. The Morgan fingerprint density at radius 2 is 2.16 bits per heavy atom. The monoisotopic (exact) mass is 266 g/mol. The second-order valence-electron chi connectivity index (χ2n) is 5.42. The van der Waals surface area contributed by atoms with E-state index in [1.165, 1.54) is 0 Å². The topological polar surface area (TPSA) is 65.2 Å². The van der Waals surface area contributed by atoms with Gasteiger partial charge in [0, 0.05) is 13.0 Å². The van der Waals surface area contributed by atoms with E-state index in [0.29, 0.717) is 11.7 Å². The van der Waals surface area contributed by atoms with Crippen LogP contribution in [0.5, 0.6) is 0 Å². The van der Waals surface area contributed by atoms with E-state index in [1.54, 1.807) is 7.11 Å². The lowest BCUT2D eigenvalue weighted by molar-refractivity contribution is -0.122. The van der Waals surface area contributed by atoms with Crippen LogP contribution in [0.2, 0.25) is 0 Å². The molecule has 1 saturated carbocycles. The number of hydrogen-bond donors (Lipinski definition) is 0. The van der Waals surface area contributed by atoms with Crippen molar-refractivity contribution in [3.8, 4) is 0 Å². The molecule has 1 heterocycles. The van der Waals surface area contributed by atoms with E-state index in [1.807, 2.05) is 13.8 Å². The number of aromatic nitrogens is 2. The lowest BCUT2D eigenvalue weighted by atomic mass is 10.00. The Hall–Kier alpha value is -1.23. The zero-order valence-electron chi connectivity index (χ0n) is 11.9. The van der Waals surface area contributed by atoms with E-state index in [2.05, 4.69) is 10.1 Å². The molecule has 0 N–H and O–H groups in total. The van der Waals surface area contributed by atoms with E-state index < -0.39 is 5.60 Å². The van der Waals surface area contributed by atoms with Gasteiger partial charge in [-0.3, -0.25) is 4.79 Å². The summed E-state index contributed by atoms with van der Waals surface area (Å²) in [5.41, 5.74) is -0.543. The highest BCUT2D eigenvalue weighted by molar-refractivity contribution is 5.82. The van der Waals surface area contributed by atoms with E-state index >= 15 is 0 Å². The second-order valence-corrected chi connectivity index (χ2v) is 5.42. The number of carbonyl (C=O) groups excluding carboxylic acids is 1. The van der Waals surface area contributed by atoms with Crippen molar-refractivity contribution in [1.82, 2.24) is 10.1 Å². The van der Waals surface area contributed by atoms with Crippen LogP contribution in [0.15, 0.2) is 4.52 Å². The molecule has 5 nitrogen and oxygen atoms in total. The molecular weight excluding hydrogens is 244 g/mol. The van der Waals surface area contributed by atoms with Crippen molar-refractivity contribution in [3.63, 3.8) is 0 Å². The first kappa shape index (κ1) is 14.2. The molecule has 5 heteroatoms. The van der Waals surface area contributed by atoms with Crippen molar-refractivity contribution in [1.29, 1.82) is 0 Å². The van der Waals surface area contributed by atoms with Crippen molar-refractivity contribution in [2.24, 2.45) is 5.92 Å². The normalized spacial score (nSPS) is 19.5. The van der Waals surface area contributed by atoms with Gasteiger partial charge in [0.15, 0.2) is 0 Å². The van der Waals surface area contributed by atoms with Gasteiger partial charge in [-0.15, -0.1) is 0 Å². The molecule has 0 bridgehead atoms. The summed E-state index contributed by atoms with van der Waals surface area (Å²) in [6, 6.07) is 0. The summed E-state index contributed by atoms with van der Waals surface area (Å²) in [4.78, 5) is 16.4. The van der Waals surface area contributed by atoms with Crippen LogP contribution in [0.1, 0.15) is 57.7 Å². The van der Waals surface area contributed by atoms with Crippen LogP contribution in [0.25, 0.3) is 0 Å². The van der Waals surface area contributed by atoms with Crippen LogP contribution in [0.4, 0.5) is 0 Å². The molecule has 1 unspecified atom stereocenters. The number of Topliss-reactive ketones (excluding diaryl/α,β-unsaturated/α-hetero) is 1. The molecule has 1 aromatic heterocycles. The van der Waals surface area contributed by atoms with Gasteiger partial charge in [-0.25, -0.2) is 0 Å². The highest BCUT2D eigenvalue weighted by Crippen LogP contribution is 2.28. The molecule has 1 aromatic rings. The van der Waals surface area contributed by atoms with Gasteiger partial charge in [0.1, 0.15) is 11.4 Å². The van der Waals surface area contributed by atoms with Gasteiger partial charge in [0.25, 0.3) is 0 Å². The van der Waals surface area contributed by atoms with E-state index in [9.17, 15) is 4.79 Å². The fourth-order valence-electron chi connectivity index (χ4n) is 2.48. The van der Waals surface area contributed by atoms with Gasteiger partial charge in [0.05, 0.1) is 6.42 Å². The van der Waals surface area contributed by atoms with Crippen LogP contribution in [-0.4, -0.2) is 23.0 Å². The van der Waals surface area contributed by atoms with Gasteiger partial charge in [-0.2, -0.15) is 4.98 Å². The van der Waals surface area contributed by atoms with E-state index in [-0.39, 0.29) is 18.1 Å². The Labute approximate surface area is 113 Å². The smallest absolute Gasteiger partial charge is 0.234 e. The first-order valence-electron chi connectivity index (χ1n) is 7.00. The average Bonchev–Trinajstić information content (AvgIpc) is 3.08. The second kappa shape index (κ2) is 5.82. The number of nitrogens with zero attached hydrogens (tertiary/aromatic N) is 2. The summed E-state index contributed by atoms with van der Waals surface area (Å²) >= 11 is 0. The predicted octanol–water partition coefficient (Wildman–Crippen LogP) is 2.64. The Morgan fingerprint density at radius 3 is 2.74 bits per heavy atom. The fraction of sp³-hybridized carbons (Fsp3) is 0.786. The highest BCUT2D eigenvalue weighted by atomic mass is 16.5. The molecule has 0 spiro atoms. The third kappa shape index (κ3) is 3.03. The van der Waals surface area contributed by atoms with Crippen LogP contribution < -0.4 is 0 Å². The average molecular weight is 266 g/mol. The maximum atomic E-state index is 12.1. The standard InChI is InChI=1S/C14H22N2O3/c1-4-14(2,18-3)13-15-12(19-16-13)9-11(17)10-7-5-6-8-10/h10H,4-9H2,1-3H3. The number of hydrogen-bond acceptors (Lipinski definition) is 5. The Morgan fingerprint density at radius 1 is 1.47 bits per heavy atom. The number of ketones is 1. The zero-order chi connectivity index (χ0) is 13.9. The molecule has 1 aliphatic carbocycles. The van der Waals surface area contributed by atoms with Gasteiger partial charge in [0.2, 0.25) is 11.7 Å². The Kier molecular flexibility index (Phi) is 4.34. The van der Waals surface area contributed by atoms with Crippen LogP contribution >= 0.6 is 0 Å². The van der Waals surface area contributed by atoms with E-state index in [4.69, 9.17) is 9.26 Å². The molecule has 19 heavy (non-hydrogen) atoms. The van der Waals surface area contributed by atoms with E-state index in [0.717, 1.165) is 32.1 Å². The summed E-state index contributed by atoms with van der Waals surface area (Å²) < 4.78 is 10.6. The molecule has 0 saturated heterocycles. The van der Waals surface area contributed by atoms with Crippen LogP contribution in [0.3, 0.4) is 0 Å². The first-order chi connectivity index (χ1) is 9.09. The summed E-state index contributed by atoms with van der Waals surface area (Å²) in [5.74, 6) is 1.34. The SMILES string of the molecule is CCC(C)(OC)c1noc(CC(=O)C2CCCC2)n1. The summed E-state index contributed by atoms with van der Waals surface area (Å²) in [6.07, 6.45) is 5.32. The third-order valence-corrected chi connectivity index (χ3v) is 4.20. The largest absolute Gasteiger partial charge is 0.370 e. The van der Waals surface area contributed by atoms with Gasteiger partial charge in [-0.1, -0.05) is 24.9 Å². The molecule has 2 rings (SSSR count). The summed E-state index contributed by atoms with van der Waals surface area (Å²) in [7, 11) is 1.63. The van der Waals surface area contributed by atoms with Crippen molar-refractivity contribution in [3.05, 3.63) is 11.7 Å². The number of ether oxygens (including phenoxy) is 1. The number of carbonyl (C=O) groups is 1. The van der Waals surface area contributed by atoms with Crippen molar-refractivity contribution >= 4 is 5.78 Å². The lowest BCUT2D eigenvalue weighted by Gasteiger charge is -2.21. The van der Waals surface area contributed by atoms with Crippen LogP contribution in [0, 0.1) is 5.92 Å². The number of methoxy groups -OCH3 is 1. The summed E-state index contributed by atoms with van der Waals surface area (Å²) in [6.45, 7) is 3.92.